The lowest BCUT2D eigenvalue weighted by molar-refractivity contribution is 0.246. The number of urea groups is 1. The van der Waals surface area contributed by atoms with E-state index in [1.54, 1.807) is 18.3 Å². The van der Waals surface area contributed by atoms with E-state index in [1.165, 1.54) is 12.1 Å². The molecule has 34 heavy (non-hydrogen) atoms. The molecule has 0 aliphatic rings. The van der Waals surface area contributed by atoms with E-state index in [0.717, 1.165) is 45.8 Å². The Morgan fingerprint density at radius 2 is 1.74 bits per heavy atom. The van der Waals surface area contributed by atoms with E-state index in [1.807, 2.05) is 49.0 Å². The molecular formula is C25H27N5O3S. The molecule has 4 aromatic rings. The van der Waals surface area contributed by atoms with Crippen LogP contribution in [0, 0.1) is 13.8 Å². The minimum atomic E-state index is -3.90. The van der Waals surface area contributed by atoms with E-state index < -0.39 is 16.1 Å². The average Bonchev–Trinajstić information content (AvgIpc) is 3.19. The smallest absolute Gasteiger partial charge is 0.328 e. The number of aryl methyl sites for hydroxylation is 3. The highest BCUT2D eigenvalue weighted by atomic mass is 32.2. The third kappa shape index (κ3) is 4.94. The van der Waals surface area contributed by atoms with Crippen LogP contribution >= 0.6 is 0 Å². The van der Waals surface area contributed by atoms with Crippen molar-refractivity contribution in [2.24, 2.45) is 0 Å². The zero-order valence-corrected chi connectivity index (χ0v) is 20.2. The van der Waals surface area contributed by atoms with Gasteiger partial charge in [0.25, 0.3) is 10.0 Å². The first-order chi connectivity index (χ1) is 16.3. The number of hydrogen-bond acceptors (Lipinski definition) is 5. The van der Waals surface area contributed by atoms with Gasteiger partial charge in [-0.3, -0.25) is 9.38 Å². The van der Waals surface area contributed by atoms with Crippen LogP contribution in [0.2, 0.25) is 0 Å². The zero-order chi connectivity index (χ0) is 24.3. The summed E-state index contributed by atoms with van der Waals surface area (Å²) in [4.78, 5) is 21.2. The monoisotopic (exact) mass is 477 g/mol. The molecule has 8 nitrogen and oxygen atoms in total. The van der Waals surface area contributed by atoms with E-state index in [-0.39, 0.29) is 4.90 Å². The Labute approximate surface area is 199 Å². The van der Waals surface area contributed by atoms with E-state index >= 15 is 0 Å². The van der Waals surface area contributed by atoms with Gasteiger partial charge in [0.2, 0.25) is 0 Å². The molecule has 176 valence electrons. The van der Waals surface area contributed by atoms with Crippen molar-refractivity contribution in [1.29, 1.82) is 0 Å². The molecule has 0 aliphatic heterocycles. The lowest BCUT2D eigenvalue weighted by Gasteiger charge is -2.10. The standard InChI is InChI=1S/C25H27N5O3S/c1-4-22-23(30-16-15-26-18(3)24(30)28-22)20-9-7-19(8-10-20)13-14-27-25(31)29-34(32,33)21-11-5-17(2)6-12-21/h5-12,15-16H,4,13-14H2,1-3H3,(H2,27,29,31). The molecule has 0 atom stereocenters. The molecule has 4 rings (SSSR count). The van der Waals surface area contributed by atoms with Crippen LogP contribution in [0.5, 0.6) is 0 Å². The SMILES string of the molecule is CCc1nc2c(C)nccn2c1-c1ccc(CCNC(=O)NS(=O)(=O)c2ccc(C)cc2)cc1. The van der Waals surface area contributed by atoms with Crippen LogP contribution in [0.4, 0.5) is 4.79 Å². The second-order valence-corrected chi connectivity index (χ2v) is 9.77. The van der Waals surface area contributed by atoms with Crippen molar-refractivity contribution in [1.82, 2.24) is 24.4 Å². The summed E-state index contributed by atoms with van der Waals surface area (Å²) >= 11 is 0. The minimum Gasteiger partial charge on any atom is -0.337 e. The normalized spacial score (nSPS) is 11.5. The number of amides is 2. The third-order valence-electron chi connectivity index (χ3n) is 5.61. The van der Waals surface area contributed by atoms with Gasteiger partial charge < -0.3 is 5.32 Å². The average molecular weight is 478 g/mol. The maximum absolute atomic E-state index is 12.3. The summed E-state index contributed by atoms with van der Waals surface area (Å²) in [6.07, 6.45) is 5.07. The number of nitrogens with zero attached hydrogens (tertiary/aromatic N) is 3. The quantitative estimate of drug-likeness (QED) is 0.421. The summed E-state index contributed by atoms with van der Waals surface area (Å²) in [5.41, 5.74) is 6.81. The number of imidazole rings is 1. The van der Waals surface area contributed by atoms with Crippen molar-refractivity contribution in [3.8, 4) is 11.3 Å². The second kappa shape index (κ2) is 9.64. The van der Waals surface area contributed by atoms with Crippen LogP contribution in [0.15, 0.2) is 65.8 Å². The van der Waals surface area contributed by atoms with Gasteiger partial charge in [-0.05, 0) is 44.4 Å². The molecule has 2 N–H and O–H groups in total. The van der Waals surface area contributed by atoms with E-state index in [4.69, 9.17) is 4.98 Å². The Balaban J connectivity index is 1.39. The molecule has 0 saturated heterocycles. The Bertz CT molecular complexity index is 1430. The van der Waals surface area contributed by atoms with Crippen LogP contribution in [0.3, 0.4) is 0 Å². The molecule has 0 radical (unpaired) electrons. The summed E-state index contributed by atoms with van der Waals surface area (Å²) in [7, 11) is -3.90. The number of fused-ring (bicyclic) bond motifs is 1. The Morgan fingerprint density at radius 1 is 1.03 bits per heavy atom. The number of nitrogens with one attached hydrogen (secondary N) is 2. The highest BCUT2D eigenvalue weighted by molar-refractivity contribution is 7.90. The molecular weight excluding hydrogens is 450 g/mol. The van der Waals surface area contributed by atoms with Crippen LogP contribution < -0.4 is 10.0 Å². The van der Waals surface area contributed by atoms with Gasteiger partial charge in [0, 0.05) is 24.5 Å². The number of rotatable bonds is 7. The van der Waals surface area contributed by atoms with Gasteiger partial charge in [-0.2, -0.15) is 0 Å². The van der Waals surface area contributed by atoms with Crippen molar-refractivity contribution in [2.45, 2.75) is 38.5 Å². The van der Waals surface area contributed by atoms with E-state index in [9.17, 15) is 13.2 Å². The maximum Gasteiger partial charge on any atom is 0.328 e. The number of sulfonamides is 1. The second-order valence-electron chi connectivity index (χ2n) is 8.09. The molecule has 0 spiro atoms. The molecule has 9 heteroatoms. The zero-order valence-electron chi connectivity index (χ0n) is 19.4. The van der Waals surface area contributed by atoms with Crippen LogP contribution in [-0.4, -0.2) is 35.4 Å². The fraction of sp³-hybridized carbons (Fsp3) is 0.240. The van der Waals surface area contributed by atoms with Crippen molar-refractivity contribution in [3.05, 3.63) is 83.4 Å². The van der Waals surface area contributed by atoms with E-state index in [0.29, 0.717) is 13.0 Å². The highest BCUT2D eigenvalue weighted by Gasteiger charge is 2.17. The summed E-state index contributed by atoms with van der Waals surface area (Å²) < 4.78 is 28.8. The largest absolute Gasteiger partial charge is 0.337 e. The van der Waals surface area contributed by atoms with Gasteiger partial charge in [0.15, 0.2) is 5.65 Å². The molecule has 2 amide bonds. The minimum absolute atomic E-state index is 0.0497. The predicted molar refractivity (Wildman–Crippen MR) is 131 cm³/mol. The summed E-state index contributed by atoms with van der Waals surface area (Å²) in [5, 5.41) is 2.61. The Hall–Kier alpha value is -3.72. The maximum atomic E-state index is 12.3. The van der Waals surface area contributed by atoms with Crippen LogP contribution in [0.1, 0.15) is 29.4 Å². The highest BCUT2D eigenvalue weighted by Crippen LogP contribution is 2.26. The lowest BCUT2D eigenvalue weighted by atomic mass is 10.0. The Kier molecular flexibility index (Phi) is 6.65. The van der Waals surface area contributed by atoms with Gasteiger partial charge >= 0.3 is 6.03 Å². The molecule has 2 aromatic carbocycles. The summed E-state index contributed by atoms with van der Waals surface area (Å²) in [5.74, 6) is 0. The van der Waals surface area contributed by atoms with Gasteiger partial charge in [0.05, 0.1) is 22.0 Å². The van der Waals surface area contributed by atoms with Gasteiger partial charge in [-0.25, -0.2) is 22.9 Å². The third-order valence-corrected chi connectivity index (χ3v) is 6.96. The fourth-order valence-electron chi connectivity index (χ4n) is 3.79. The predicted octanol–water partition coefficient (Wildman–Crippen LogP) is 3.81. The van der Waals surface area contributed by atoms with Crippen molar-refractivity contribution >= 4 is 21.7 Å². The number of carbonyl (C=O) groups excluding carboxylic acids is 1. The number of benzene rings is 2. The topological polar surface area (TPSA) is 105 Å². The number of aromatic nitrogens is 3. The van der Waals surface area contributed by atoms with Crippen LogP contribution in [0.25, 0.3) is 16.9 Å². The first-order valence-corrected chi connectivity index (χ1v) is 12.6. The molecule has 0 bridgehead atoms. The van der Waals surface area contributed by atoms with Gasteiger partial charge in [0.1, 0.15) is 0 Å². The molecule has 2 aromatic heterocycles. The van der Waals surface area contributed by atoms with Gasteiger partial charge in [-0.15, -0.1) is 0 Å². The van der Waals surface area contributed by atoms with Crippen molar-refractivity contribution in [3.63, 3.8) is 0 Å². The van der Waals surface area contributed by atoms with Crippen molar-refractivity contribution in [2.75, 3.05) is 6.54 Å². The van der Waals surface area contributed by atoms with Gasteiger partial charge in [-0.1, -0.05) is 48.9 Å². The number of hydrogen-bond donors (Lipinski definition) is 2. The molecule has 0 fully saturated rings. The number of carbonyl (C=O) groups is 1. The molecule has 0 aliphatic carbocycles. The molecule has 0 unspecified atom stereocenters. The van der Waals surface area contributed by atoms with E-state index in [2.05, 4.69) is 21.6 Å². The lowest BCUT2D eigenvalue weighted by Crippen LogP contribution is -2.40. The summed E-state index contributed by atoms with van der Waals surface area (Å²) in [6, 6.07) is 13.6. The molecule has 2 heterocycles. The fourth-order valence-corrected chi connectivity index (χ4v) is 4.71. The molecule has 0 saturated carbocycles. The van der Waals surface area contributed by atoms with Crippen molar-refractivity contribution < 1.29 is 13.2 Å². The first kappa shape index (κ1) is 23.4. The first-order valence-electron chi connectivity index (χ1n) is 11.1. The Morgan fingerprint density at radius 3 is 2.41 bits per heavy atom. The van der Waals surface area contributed by atoms with Crippen LogP contribution in [-0.2, 0) is 22.9 Å². The summed E-state index contributed by atoms with van der Waals surface area (Å²) in [6.45, 7) is 6.19.